The fourth-order valence-electron chi connectivity index (χ4n) is 6.72. The fraction of sp³-hybridized carbons (Fsp3) is 0.357. The van der Waals surface area contributed by atoms with Crippen LogP contribution in [0.15, 0.2) is 68.0 Å². The van der Waals surface area contributed by atoms with E-state index >= 15 is 0 Å². The molecule has 0 saturated carbocycles. The molecule has 4 rings (SSSR count). The van der Waals surface area contributed by atoms with E-state index in [0.717, 1.165) is 11.1 Å². The van der Waals surface area contributed by atoms with Crippen LogP contribution in [0.3, 0.4) is 0 Å². The minimum absolute atomic E-state index is 0. The molecule has 0 bridgehead atoms. The van der Waals surface area contributed by atoms with Crippen molar-refractivity contribution in [3.05, 3.63) is 84.7 Å². The predicted octanol–water partition coefficient (Wildman–Crippen LogP) is 9.27. The van der Waals surface area contributed by atoms with Crippen LogP contribution >= 0.6 is 24.8 Å². The Balaban J connectivity index is 0.00000216. The summed E-state index contributed by atoms with van der Waals surface area (Å²) in [7, 11) is 0. The van der Waals surface area contributed by atoms with Crippen molar-refractivity contribution in [2.45, 2.75) is 53.7 Å². The number of hydrogen-bond donors (Lipinski definition) is 0. The summed E-state index contributed by atoms with van der Waals surface area (Å²) in [5.74, 6) is 0.484. The quantitative estimate of drug-likeness (QED) is 0.301. The van der Waals surface area contributed by atoms with Gasteiger partial charge in [0.15, 0.2) is 0 Å². The fourth-order valence-corrected chi connectivity index (χ4v) is 28.4. The van der Waals surface area contributed by atoms with Crippen LogP contribution in [-0.4, -0.2) is 6.88 Å². The van der Waals surface area contributed by atoms with Gasteiger partial charge in [0.1, 0.15) is 0 Å². The molecule has 0 aliphatic heterocycles. The normalized spacial score (nSPS) is 20.4. The molecule has 2 aromatic carbocycles. The van der Waals surface area contributed by atoms with Crippen molar-refractivity contribution in [1.82, 2.24) is 0 Å². The Kier molecular flexibility index (Phi) is 8.48. The van der Waals surface area contributed by atoms with Crippen LogP contribution in [0.2, 0.25) is 9.26 Å². The number of fused-ring (bicyclic) bond motifs is 1. The summed E-state index contributed by atoms with van der Waals surface area (Å²) >= 11 is -3.49. The molecule has 0 radical (unpaired) electrons. The summed E-state index contributed by atoms with van der Waals surface area (Å²) in [5, 5.41) is 0. The van der Waals surface area contributed by atoms with Crippen LogP contribution in [0.5, 0.6) is 0 Å². The second kappa shape index (κ2) is 9.78. The molecule has 0 nitrogen and oxygen atoms in total. The minimum Gasteiger partial charge on any atom is -0.147 e. The summed E-state index contributed by atoms with van der Waals surface area (Å²) in [6.45, 7) is 13.8. The van der Waals surface area contributed by atoms with E-state index in [2.05, 4.69) is 69.0 Å². The van der Waals surface area contributed by atoms with Gasteiger partial charge >= 0.3 is 199 Å². The Morgan fingerprint density at radius 2 is 1.43 bits per heavy atom. The van der Waals surface area contributed by atoms with Crippen molar-refractivity contribution in [1.29, 1.82) is 0 Å². The zero-order valence-electron chi connectivity index (χ0n) is 21.4. The summed E-state index contributed by atoms with van der Waals surface area (Å²) in [5.41, 5.74) is 9.62. The number of allylic oxidation sites excluding steroid dienone is 5. The first-order chi connectivity index (χ1) is 15.1. The van der Waals surface area contributed by atoms with Gasteiger partial charge in [-0.25, -0.2) is 0 Å². The first-order valence-corrected chi connectivity index (χ1v) is 25.1. The number of halogens is 5. The van der Waals surface area contributed by atoms with Gasteiger partial charge in [0.2, 0.25) is 0 Å². The molecule has 0 spiro atoms. The Morgan fingerprint density at radius 3 is 1.91 bits per heavy atom. The van der Waals surface area contributed by atoms with Crippen molar-refractivity contribution in [3.8, 4) is 11.1 Å². The van der Waals surface area contributed by atoms with E-state index in [4.69, 9.17) is 0 Å². The number of rotatable bonds is 3. The second-order valence-electron chi connectivity index (χ2n) is 11.1. The van der Waals surface area contributed by atoms with Crippen LogP contribution < -0.4 is 0 Å². The average molecular weight is 619 g/mol. The molecule has 2 aliphatic carbocycles. The molecule has 0 N–H and O–H groups in total. The summed E-state index contributed by atoms with van der Waals surface area (Å²) in [6.07, 6.45) is -2.02. The minimum atomic E-state index is -4.32. The molecule has 35 heavy (non-hydrogen) atoms. The maximum atomic E-state index is 13.1. The number of hydrogen-bond acceptors (Lipinski definition) is 0. The van der Waals surface area contributed by atoms with E-state index in [-0.39, 0.29) is 24.8 Å². The molecule has 2 unspecified atom stereocenters. The number of alkyl halides is 3. The summed E-state index contributed by atoms with van der Waals surface area (Å²) < 4.78 is 46.5. The molecule has 0 heterocycles. The van der Waals surface area contributed by atoms with Gasteiger partial charge in [0.05, 0.1) is 0 Å². The van der Waals surface area contributed by atoms with Gasteiger partial charge in [-0.2, -0.15) is 0 Å². The predicted molar refractivity (Wildman–Crippen MR) is 148 cm³/mol. The molecule has 190 valence electrons. The molecule has 0 fully saturated rings. The Bertz CT molecular complexity index is 1320. The van der Waals surface area contributed by atoms with Crippen LogP contribution in [0, 0.1) is 5.92 Å². The van der Waals surface area contributed by atoms with E-state index < -0.39 is 29.1 Å². The number of benzene rings is 2. The van der Waals surface area contributed by atoms with Gasteiger partial charge in [0.25, 0.3) is 0 Å². The van der Waals surface area contributed by atoms with Crippen molar-refractivity contribution >= 4 is 37.8 Å². The maximum absolute atomic E-state index is 13.1. The molecule has 2 aromatic rings. The van der Waals surface area contributed by atoms with E-state index in [1.807, 2.05) is 6.07 Å². The largest absolute Gasteiger partial charge is 0.147 e. The van der Waals surface area contributed by atoms with Gasteiger partial charge in [-0.1, -0.05) is 0 Å². The summed E-state index contributed by atoms with van der Waals surface area (Å²) in [6, 6.07) is 12.0. The first kappa shape index (κ1) is 30.4. The average Bonchev–Trinajstić information content (AvgIpc) is 3.17. The van der Waals surface area contributed by atoms with E-state index in [1.54, 1.807) is 15.4 Å². The smallest absolute Gasteiger partial charge is 0.147 e. The van der Waals surface area contributed by atoms with Gasteiger partial charge < -0.3 is 0 Å². The van der Waals surface area contributed by atoms with Gasteiger partial charge in [-0.3, -0.25) is 0 Å². The van der Waals surface area contributed by atoms with E-state index in [0.29, 0.717) is 9.54 Å². The zero-order chi connectivity index (χ0) is 24.5. The molecular formula is C28H35Cl2F3SiZr. The Labute approximate surface area is 222 Å². The first-order valence-electron chi connectivity index (χ1n) is 11.6. The monoisotopic (exact) mass is 616 g/mol. The van der Waals surface area contributed by atoms with Crippen molar-refractivity contribution in [2.75, 3.05) is 0 Å². The van der Waals surface area contributed by atoms with Crippen molar-refractivity contribution in [2.24, 2.45) is 5.92 Å². The molecule has 2 atom stereocenters. The molecule has 0 amide bonds. The van der Waals surface area contributed by atoms with Crippen molar-refractivity contribution < 1.29 is 30.6 Å². The van der Waals surface area contributed by atoms with Gasteiger partial charge in [-0.05, 0) is 0 Å². The van der Waals surface area contributed by atoms with Crippen LogP contribution in [0.25, 0.3) is 17.2 Å². The van der Waals surface area contributed by atoms with Gasteiger partial charge in [0, 0.05) is 0 Å². The Hall–Kier alpha value is -0.870. The third-order valence-electron chi connectivity index (χ3n) is 8.25. The van der Waals surface area contributed by atoms with E-state index in [1.165, 1.54) is 45.6 Å². The molecule has 7 heteroatoms. The molecule has 0 saturated heterocycles. The van der Waals surface area contributed by atoms with Crippen LogP contribution in [0.1, 0.15) is 54.9 Å². The standard InChI is InChI=1S/C17H12F3.C9H13.2CH3.2ClH.H2Si.Zr/c1-11-9-13-3-2-4-15(16(13)10-11)12-5-7-14(8-6-12)17(18,19)20;1-6-5-7(2)9(4)8(6)3;;;;;;/h2-10H,1H3;6H,1-4H3;2*1H3;2*1H;1H2;. The Morgan fingerprint density at radius 1 is 0.857 bits per heavy atom. The van der Waals surface area contributed by atoms with E-state index in [9.17, 15) is 13.2 Å². The third kappa shape index (κ3) is 4.88. The molecule has 2 aliphatic rings. The molecule has 0 aromatic heterocycles. The van der Waals surface area contributed by atoms with Crippen molar-refractivity contribution in [3.63, 3.8) is 0 Å². The topological polar surface area (TPSA) is 0 Å². The maximum Gasteiger partial charge on any atom is -0.147 e. The second-order valence-corrected chi connectivity index (χ2v) is 40.5. The zero-order valence-corrected chi connectivity index (χ0v) is 26.9. The van der Waals surface area contributed by atoms with Crippen LogP contribution in [0.4, 0.5) is 13.2 Å². The summed E-state index contributed by atoms with van der Waals surface area (Å²) in [4.78, 5) is 0. The molecular weight excluding hydrogens is 584 g/mol. The SMILES string of the molecule is CC1=Cc2c(-c3ccc(C(F)(F)F)cc3)cccc2[CH]1[Zr]([CH3])([CH3])(=[SiH2])[C]1=C(C)C(C)=C(C)C1C.Cl.Cl. The van der Waals surface area contributed by atoms with Gasteiger partial charge in [-0.15, -0.1) is 24.8 Å². The third-order valence-corrected chi connectivity index (χ3v) is 25.7. The van der Waals surface area contributed by atoms with Crippen LogP contribution in [-0.2, 0) is 23.6 Å².